The van der Waals surface area contributed by atoms with Crippen molar-refractivity contribution in [1.82, 2.24) is 0 Å². The van der Waals surface area contributed by atoms with Crippen molar-refractivity contribution in [3.63, 3.8) is 0 Å². The summed E-state index contributed by atoms with van der Waals surface area (Å²) in [5.41, 5.74) is -0.0719. The zero-order chi connectivity index (χ0) is 13.8. The molecule has 0 saturated carbocycles. The molecule has 0 heterocycles. The van der Waals surface area contributed by atoms with Crippen molar-refractivity contribution in [1.29, 1.82) is 5.26 Å². The zero-order valence-corrected chi connectivity index (χ0v) is 12.6. The van der Waals surface area contributed by atoms with E-state index in [1.165, 1.54) is 0 Å². The monoisotopic (exact) mass is 327 g/mol. The Balaban J connectivity index is 2.67. The van der Waals surface area contributed by atoms with Gasteiger partial charge in [0.1, 0.15) is 0 Å². The number of thioether (sulfide) groups is 1. The number of benzene rings is 1. The van der Waals surface area contributed by atoms with Gasteiger partial charge in [0.15, 0.2) is 0 Å². The second kappa shape index (κ2) is 6.26. The Morgan fingerprint density at radius 3 is 2.78 bits per heavy atom. The summed E-state index contributed by atoms with van der Waals surface area (Å²) in [5.74, 6) is -0.150. The summed E-state index contributed by atoms with van der Waals surface area (Å²) in [6.07, 6.45) is 0.770. The lowest BCUT2D eigenvalue weighted by atomic mass is 9.93. The second-order valence-corrected chi connectivity index (χ2v) is 6.56. The van der Waals surface area contributed by atoms with Crippen molar-refractivity contribution in [3.05, 3.63) is 28.2 Å². The number of hydrogen-bond donors (Lipinski definition) is 1. The maximum atomic E-state index is 11.0. The largest absolute Gasteiger partial charge is 0.478 e. The van der Waals surface area contributed by atoms with Gasteiger partial charge in [0, 0.05) is 9.37 Å². The second-order valence-electron chi connectivity index (χ2n) is 4.54. The van der Waals surface area contributed by atoms with E-state index in [0.717, 1.165) is 17.1 Å². The number of carbonyl (C=O) groups is 1. The lowest BCUT2D eigenvalue weighted by Gasteiger charge is -2.14. The molecule has 1 rings (SSSR count). The number of hydrogen-bond acceptors (Lipinski definition) is 3. The maximum Gasteiger partial charge on any atom is 0.336 e. The molecule has 5 heteroatoms. The smallest absolute Gasteiger partial charge is 0.336 e. The third-order valence-electron chi connectivity index (χ3n) is 2.47. The van der Waals surface area contributed by atoms with Gasteiger partial charge in [0.05, 0.1) is 17.0 Å². The van der Waals surface area contributed by atoms with E-state index in [4.69, 9.17) is 10.4 Å². The van der Waals surface area contributed by atoms with Crippen LogP contribution in [-0.2, 0) is 0 Å². The van der Waals surface area contributed by atoms with Gasteiger partial charge in [-0.3, -0.25) is 0 Å². The molecular formula is C13H14BrNO2S. The molecule has 0 aromatic heterocycles. The summed E-state index contributed by atoms with van der Waals surface area (Å²) in [4.78, 5) is 11.9. The molecule has 96 valence electrons. The van der Waals surface area contributed by atoms with Gasteiger partial charge in [-0.05, 0) is 60.2 Å². The summed E-state index contributed by atoms with van der Waals surface area (Å²) in [5, 5.41) is 17.9. The molecular weight excluding hydrogens is 314 g/mol. The standard InChI is InChI=1S/C13H14BrNO2S/c1-13(2,8-15)5-6-18-9-3-4-11(14)10(7-9)12(16)17/h3-4,7H,5-6H2,1-2H3,(H,16,17). The molecule has 0 aliphatic rings. The van der Waals surface area contributed by atoms with Crippen LogP contribution in [0.1, 0.15) is 30.6 Å². The number of carboxylic acid groups (broad SMARTS) is 1. The van der Waals surface area contributed by atoms with Crippen molar-refractivity contribution >= 4 is 33.7 Å². The molecule has 0 unspecified atom stereocenters. The van der Waals surface area contributed by atoms with Crippen molar-refractivity contribution in [3.8, 4) is 6.07 Å². The molecule has 1 N–H and O–H groups in total. The molecule has 3 nitrogen and oxygen atoms in total. The quantitative estimate of drug-likeness (QED) is 0.824. The number of carboxylic acids is 1. The van der Waals surface area contributed by atoms with Crippen LogP contribution in [0.3, 0.4) is 0 Å². The molecule has 0 saturated heterocycles. The van der Waals surface area contributed by atoms with Gasteiger partial charge < -0.3 is 5.11 Å². The number of nitrogens with zero attached hydrogens (tertiary/aromatic N) is 1. The van der Waals surface area contributed by atoms with Gasteiger partial charge in [-0.2, -0.15) is 5.26 Å². The Kier molecular flexibility index (Phi) is 5.24. The van der Waals surface area contributed by atoms with Gasteiger partial charge in [-0.1, -0.05) is 0 Å². The van der Waals surface area contributed by atoms with Gasteiger partial charge in [-0.15, -0.1) is 11.8 Å². The fourth-order valence-electron chi connectivity index (χ4n) is 1.24. The van der Waals surface area contributed by atoms with Crippen LogP contribution < -0.4 is 0 Å². The third-order valence-corrected chi connectivity index (χ3v) is 4.15. The molecule has 0 amide bonds. The van der Waals surface area contributed by atoms with E-state index in [0.29, 0.717) is 4.47 Å². The first-order chi connectivity index (χ1) is 8.35. The van der Waals surface area contributed by atoms with Crippen LogP contribution in [0.15, 0.2) is 27.6 Å². The molecule has 0 aliphatic carbocycles. The summed E-state index contributed by atoms with van der Waals surface area (Å²) in [6, 6.07) is 7.51. The maximum absolute atomic E-state index is 11.0. The van der Waals surface area contributed by atoms with E-state index in [9.17, 15) is 4.79 Å². The summed E-state index contributed by atoms with van der Waals surface area (Å²) >= 11 is 4.78. The Hall–Kier alpha value is -0.990. The fraction of sp³-hybridized carbons (Fsp3) is 0.385. The highest BCUT2D eigenvalue weighted by Crippen LogP contribution is 2.28. The first kappa shape index (κ1) is 15.1. The summed E-state index contributed by atoms with van der Waals surface area (Å²) < 4.78 is 0.580. The number of nitriles is 1. The first-order valence-corrected chi connectivity index (χ1v) is 7.20. The first-order valence-electron chi connectivity index (χ1n) is 5.42. The van der Waals surface area contributed by atoms with Crippen LogP contribution in [0, 0.1) is 16.7 Å². The number of aromatic carboxylic acids is 1. The summed E-state index contributed by atoms with van der Waals surface area (Å²) in [6.45, 7) is 3.80. The molecule has 0 radical (unpaired) electrons. The highest BCUT2D eigenvalue weighted by molar-refractivity contribution is 9.10. The average molecular weight is 328 g/mol. The van der Waals surface area contributed by atoms with Crippen LogP contribution in [0.25, 0.3) is 0 Å². The van der Waals surface area contributed by atoms with Gasteiger partial charge in [-0.25, -0.2) is 4.79 Å². The minimum Gasteiger partial charge on any atom is -0.478 e. The Morgan fingerprint density at radius 1 is 1.56 bits per heavy atom. The van der Waals surface area contributed by atoms with E-state index in [2.05, 4.69) is 22.0 Å². The third kappa shape index (κ3) is 4.35. The molecule has 1 aromatic rings. The Morgan fingerprint density at radius 2 is 2.22 bits per heavy atom. The Labute approximate surface area is 119 Å². The van der Waals surface area contributed by atoms with Crippen LogP contribution in [0.5, 0.6) is 0 Å². The molecule has 1 aromatic carbocycles. The highest BCUT2D eigenvalue weighted by Gasteiger charge is 2.16. The van der Waals surface area contributed by atoms with Crippen molar-refractivity contribution in [2.75, 3.05) is 5.75 Å². The fourth-order valence-corrected chi connectivity index (χ4v) is 2.87. The van der Waals surface area contributed by atoms with Gasteiger partial charge in [0.2, 0.25) is 0 Å². The van der Waals surface area contributed by atoms with Crippen LogP contribution in [0.4, 0.5) is 0 Å². The van der Waals surface area contributed by atoms with Crippen molar-refractivity contribution in [2.24, 2.45) is 5.41 Å². The molecule has 0 spiro atoms. The lowest BCUT2D eigenvalue weighted by molar-refractivity contribution is 0.0695. The average Bonchev–Trinajstić information content (AvgIpc) is 2.31. The molecule has 0 aliphatic heterocycles. The van der Waals surface area contributed by atoms with Crippen LogP contribution in [0.2, 0.25) is 0 Å². The van der Waals surface area contributed by atoms with E-state index >= 15 is 0 Å². The van der Waals surface area contributed by atoms with Crippen LogP contribution in [-0.4, -0.2) is 16.8 Å². The molecule has 18 heavy (non-hydrogen) atoms. The van der Waals surface area contributed by atoms with Crippen molar-refractivity contribution < 1.29 is 9.90 Å². The van der Waals surface area contributed by atoms with E-state index in [-0.39, 0.29) is 11.0 Å². The van der Waals surface area contributed by atoms with Crippen molar-refractivity contribution in [2.45, 2.75) is 25.2 Å². The highest BCUT2D eigenvalue weighted by atomic mass is 79.9. The summed E-state index contributed by atoms with van der Waals surface area (Å²) in [7, 11) is 0. The van der Waals surface area contributed by atoms with Gasteiger partial charge >= 0.3 is 5.97 Å². The predicted octanol–water partition coefficient (Wildman–Crippen LogP) is 4.18. The van der Waals surface area contributed by atoms with Gasteiger partial charge in [0.25, 0.3) is 0 Å². The molecule has 0 atom stereocenters. The minimum atomic E-state index is -0.943. The number of halogens is 1. The van der Waals surface area contributed by atoms with E-state index in [1.54, 1.807) is 23.9 Å². The molecule has 0 fully saturated rings. The van der Waals surface area contributed by atoms with Crippen LogP contribution >= 0.6 is 27.7 Å². The molecule has 0 bridgehead atoms. The minimum absolute atomic E-state index is 0.263. The SMILES string of the molecule is CC(C)(C#N)CCSc1ccc(Br)c(C(=O)O)c1. The zero-order valence-electron chi connectivity index (χ0n) is 10.2. The Bertz CT molecular complexity index is 494. The predicted molar refractivity (Wildman–Crippen MR) is 75.8 cm³/mol. The van der Waals surface area contributed by atoms with E-state index < -0.39 is 5.97 Å². The normalized spacial score (nSPS) is 11.0. The topological polar surface area (TPSA) is 61.1 Å². The number of rotatable bonds is 5. The lowest BCUT2D eigenvalue weighted by Crippen LogP contribution is -2.08. The van der Waals surface area contributed by atoms with E-state index in [1.807, 2.05) is 19.9 Å².